The van der Waals surface area contributed by atoms with Crippen LogP contribution in [0.5, 0.6) is 0 Å². The number of benzene rings is 2. The topological polar surface area (TPSA) is 46.2 Å². The van der Waals surface area contributed by atoms with E-state index in [0.29, 0.717) is 10.6 Å². The summed E-state index contributed by atoms with van der Waals surface area (Å²) in [4.78, 5) is 0.291. The van der Waals surface area contributed by atoms with Crippen molar-refractivity contribution in [2.24, 2.45) is 0 Å². The predicted molar refractivity (Wildman–Crippen MR) is 104 cm³/mol. The van der Waals surface area contributed by atoms with Crippen molar-refractivity contribution in [1.82, 2.24) is 4.72 Å². The number of nitrogens with one attached hydrogen (secondary N) is 1. The van der Waals surface area contributed by atoms with Gasteiger partial charge in [0.25, 0.3) is 10.0 Å². The number of allylic oxidation sites excluding steroid dienone is 5. The first kappa shape index (κ1) is 16.9. The van der Waals surface area contributed by atoms with Crippen LogP contribution in [0.3, 0.4) is 0 Å². The molecule has 0 fully saturated rings. The number of aryl methyl sites for hydroxylation is 1. The van der Waals surface area contributed by atoms with Gasteiger partial charge in [-0.3, -0.25) is 4.72 Å². The Morgan fingerprint density at radius 2 is 1.73 bits per heavy atom. The van der Waals surface area contributed by atoms with Gasteiger partial charge in [0.2, 0.25) is 0 Å². The van der Waals surface area contributed by atoms with Crippen LogP contribution in [0.2, 0.25) is 0 Å². The Hall–Kier alpha value is -2.59. The molecule has 2 aliphatic rings. The van der Waals surface area contributed by atoms with E-state index in [4.69, 9.17) is 0 Å². The van der Waals surface area contributed by atoms with E-state index in [9.17, 15) is 8.42 Å². The predicted octanol–water partition coefficient (Wildman–Crippen LogP) is 4.60. The lowest BCUT2D eigenvalue weighted by atomic mass is 9.87. The molecule has 132 valence electrons. The number of hydrogen-bond donors (Lipinski definition) is 1. The van der Waals surface area contributed by atoms with Crippen molar-refractivity contribution in [2.75, 3.05) is 0 Å². The molecule has 2 aliphatic carbocycles. The Morgan fingerprint density at radius 1 is 1.00 bits per heavy atom. The lowest BCUT2D eigenvalue weighted by Crippen LogP contribution is -2.26. The van der Waals surface area contributed by atoms with Crippen LogP contribution in [0.15, 0.2) is 94.6 Å². The van der Waals surface area contributed by atoms with Crippen molar-refractivity contribution in [3.05, 3.63) is 101 Å². The smallest absolute Gasteiger partial charge is 0.261 e. The van der Waals surface area contributed by atoms with E-state index in [0.717, 1.165) is 24.0 Å². The van der Waals surface area contributed by atoms with Crippen molar-refractivity contribution >= 4 is 10.0 Å². The van der Waals surface area contributed by atoms with Crippen LogP contribution in [-0.4, -0.2) is 8.42 Å². The first-order valence-corrected chi connectivity index (χ1v) is 10.3. The summed E-state index contributed by atoms with van der Waals surface area (Å²) >= 11 is 0. The summed E-state index contributed by atoms with van der Waals surface area (Å²) < 4.78 is 28.5. The van der Waals surface area contributed by atoms with Crippen LogP contribution in [-0.2, 0) is 10.0 Å². The molecule has 0 radical (unpaired) electrons. The van der Waals surface area contributed by atoms with E-state index >= 15 is 0 Å². The third-order valence-corrected chi connectivity index (χ3v) is 6.31. The van der Waals surface area contributed by atoms with E-state index < -0.39 is 10.0 Å². The highest BCUT2D eigenvalue weighted by atomic mass is 32.2. The van der Waals surface area contributed by atoms with Gasteiger partial charge in [0.15, 0.2) is 0 Å². The molecule has 1 N–H and O–H groups in total. The zero-order chi connectivity index (χ0) is 18.1. The molecule has 0 saturated heterocycles. The zero-order valence-electron chi connectivity index (χ0n) is 14.6. The third kappa shape index (κ3) is 3.13. The summed E-state index contributed by atoms with van der Waals surface area (Å²) in [7, 11) is -3.60. The van der Waals surface area contributed by atoms with E-state index in [2.05, 4.69) is 29.0 Å². The molecular formula is C22H21NO2S. The van der Waals surface area contributed by atoms with Gasteiger partial charge < -0.3 is 0 Å². The summed E-state index contributed by atoms with van der Waals surface area (Å²) in [6.07, 6.45) is 8.11. The Balaban J connectivity index is 1.66. The van der Waals surface area contributed by atoms with Crippen molar-refractivity contribution < 1.29 is 8.42 Å². The molecule has 3 nitrogen and oxygen atoms in total. The Bertz CT molecular complexity index is 1010. The first-order valence-electron chi connectivity index (χ1n) is 8.81. The molecule has 0 aliphatic heterocycles. The minimum Gasteiger partial charge on any atom is -0.280 e. The normalized spacial score (nSPS) is 19.3. The van der Waals surface area contributed by atoms with Gasteiger partial charge in [-0.15, -0.1) is 0 Å². The summed E-state index contributed by atoms with van der Waals surface area (Å²) in [6.45, 7) is 1.94. The molecule has 0 spiro atoms. The third-order valence-electron chi connectivity index (χ3n) is 4.93. The van der Waals surface area contributed by atoms with Crippen LogP contribution in [0.1, 0.15) is 29.9 Å². The first-order chi connectivity index (χ1) is 12.5. The Labute approximate surface area is 154 Å². The van der Waals surface area contributed by atoms with Gasteiger partial charge in [-0.2, -0.15) is 0 Å². The van der Waals surface area contributed by atoms with Crippen molar-refractivity contribution in [3.63, 3.8) is 0 Å². The second kappa shape index (κ2) is 6.61. The summed E-state index contributed by atoms with van der Waals surface area (Å²) in [5, 5.41) is 0. The molecule has 0 saturated carbocycles. The SMILES string of the molecule is Cc1ccc(S(=O)(=O)NC2=CCCC3=C2C(c2ccccc2)C=C3)cc1. The van der Waals surface area contributed by atoms with Crippen LogP contribution in [0, 0.1) is 6.92 Å². The molecular weight excluding hydrogens is 342 g/mol. The molecule has 0 bridgehead atoms. The second-order valence-corrected chi connectivity index (χ2v) is 8.44. The number of sulfonamides is 1. The van der Waals surface area contributed by atoms with Crippen molar-refractivity contribution in [1.29, 1.82) is 0 Å². The summed E-state index contributed by atoms with van der Waals surface area (Å²) in [6, 6.07) is 17.1. The standard InChI is InChI=1S/C22H21NO2S/c1-16-10-13-19(14-11-16)26(24,25)23-21-9-5-8-18-12-15-20(22(18)21)17-6-3-2-4-7-17/h2-4,6-7,9-15,20,23H,5,8H2,1H3. The molecule has 1 atom stereocenters. The maximum Gasteiger partial charge on any atom is 0.261 e. The highest BCUT2D eigenvalue weighted by Crippen LogP contribution is 2.42. The summed E-state index contributed by atoms with van der Waals surface area (Å²) in [5.41, 5.74) is 5.23. The molecule has 4 rings (SSSR count). The van der Waals surface area contributed by atoms with Crippen LogP contribution < -0.4 is 4.72 Å². The molecule has 26 heavy (non-hydrogen) atoms. The zero-order valence-corrected chi connectivity index (χ0v) is 15.5. The minimum atomic E-state index is -3.60. The molecule has 0 heterocycles. The highest BCUT2D eigenvalue weighted by Gasteiger charge is 2.29. The quantitative estimate of drug-likeness (QED) is 0.863. The molecule has 2 aromatic carbocycles. The lowest BCUT2D eigenvalue weighted by molar-refractivity contribution is 0.588. The van der Waals surface area contributed by atoms with E-state index in [1.807, 2.05) is 43.3 Å². The second-order valence-electron chi connectivity index (χ2n) is 6.76. The average Bonchev–Trinajstić information content (AvgIpc) is 3.08. The monoisotopic (exact) mass is 363 g/mol. The number of hydrogen-bond acceptors (Lipinski definition) is 2. The molecule has 0 aromatic heterocycles. The Kier molecular flexibility index (Phi) is 4.29. The lowest BCUT2D eigenvalue weighted by Gasteiger charge is -2.23. The van der Waals surface area contributed by atoms with Crippen molar-refractivity contribution in [2.45, 2.75) is 30.6 Å². The van der Waals surface area contributed by atoms with E-state index in [1.165, 1.54) is 11.1 Å². The van der Waals surface area contributed by atoms with Gasteiger partial charge in [-0.1, -0.05) is 66.3 Å². The fraction of sp³-hybridized carbons (Fsp3) is 0.182. The summed E-state index contributed by atoms with van der Waals surface area (Å²) in [5.74, 6) is 0.0958. The maximum atomic E-state index is 12.8. The van der Waals surface area contributed by atoms with E-state index in [1.54, 1.807) is 12.1 Å². The molecule has 4 heteroatoms. The fourth-order valence-electron chi connectivity index (χ4n) is 3.59. The average molecular weight is 363 g/mol. The largest absolute Gasteiger partial charge is 0.280 e. The van der Waals surface area contributed by atoms with Crippen molar-refractivity contribution in [3.8, 4) is 0 Å². The highest BCUT2D eigenvalue weighted by molar-refractivity contribution is 7.89. The van der Waals surface area contributed by atoms with Gasteiger partial charge in [-0.05, 0) is 48.6 Å². The van der Waals surface area contributed by atoms with Crippen LogP contribution in [0.4, 0.5) is 0 Å². The molecule has 1 unspecified atom stereocenters. The van der Waals surface area contributed by atoms with Gasteiger partial charge in [0.1, 0.15) is 0 Å². The van der Waals surface area contributed by atoms with E-state index in [-0.39, 0.29) is 5.92 Å². The van der Waals surface area contributed by atoms with Crippen LogP contribution >= 0.6 is 0 Å². The molecule has 2 aromatic rings. The Morgan fingerprint density at radius 3 is 2.46 bits per heavy atom. The van der Waals surface area contributed by atoms with Gasteiger partial charge in [-0.25, -0.2) is 8.42 Å². The van der Waals surface area contributed by atoms with Gasteiger partial charge >= 0.3 is 0 Å². The van der Waals surface area contributed by atoms with Crippen LogP contribution in [0.25, 0.3) is 0 Å². The fourth-order valence-corrected chi connectivity index (χ4v) is 4.69. The van der Waals surface area contributed by atoms with Gasteiger partial charge in [0, 0.05) is 11.6 Å². The maximum absolute atomic E-state index is 12.8. The van der Waals surface area contributed by atoms with Gasteiger partial charge in [0.05, 0.1) is 4.90 Å². The minimum absolute atomic E-state index is 0.0958. The number of rotatable bonds is 4. The molecule has 0 amide bonds.